The summed E-state index contributed by atoms with van der Waals surface area (Å²) in [5.74, 6) is -0.270. The van der Waals surface area contributed by atoms with Crippen molar-refractivity contribution >= 4 is 5.91 Å². The monoisotopic (exact) mass is 1260 g/mol. The Morgan fingerprint density at radius 3 is 1.18 bits per heavy atom. The SMILES string of the molecule is CC/C=C\C/C=C\C/C=C\C/C=C\C/C=C\C/C=C\C/C=C\C/C=C\C/C=C\C/C=C\C/C=C\C/C=C\CCCCCCC(=O)NC(COC1OC(CO)C(OC2OC(CO)C(O)C(O)C2O)C(O)C1O)C(O)/C=C/CCCCCCCCCCCCCCC. The highest BCUT2D eigenvalue weighted by molar-refractivity contribution is 5.76. The lowest BCUT2D eigenvalue weighted by atomic mass is 9.97. The Morgan fingerprint density at radius 2 is 0.767 bits per heavy atom. The van der Waals surface area contributed by atoms with Gasteiger partial charge in [0.25, 0.3) is 0 Å². The molecule has 0 aromatic carbocycles. The van der Waals surface area contributed by atoms with Gasteiger partial charge in [-0.3, -0.25) is 4.79 Å². The number of nitrogens with one attached hydrogen (secondary N) is 1. The van der Waals surface area contributed by atoms with Crippen molar-refractivity contribution in [3.05, 3.63) is 158 Å². The zero-order chi connectivity index (χ0) is 65.2. The van der Waals surface area contributed by atoms with Gasteiger partial charge < -0.3 is 65.1 Å². The number of carbonyl (C=O) groups is 1. The summed E-state index contributed by atoms with van der Waals surface area (Å²) < 4.78 is 22.8. The van der Waals surface area contributed by atoms with Gasteiger partial charge in [-0.05, 0) is 109 Å². The minimum Gasteiger partial charge on any atom is -0.394 e. The first-order valence-corrected chi connectivity index (χ1v) is 34.7. The van der Waals surface area contributed by atoms with E-state index in [1.807, 2.05) is 6.08 Å². The molecule has 0 saturated carbocycles. The Labute approximate surface area is 544 Å². The van der Waals surface area contributed by atoms with Gasteiger partial charge in [-0.15, -0.1) is 0 Å². The lowest BCUT2D eigenvalue weighted by Crippen LogP contribution is -2.65. The van der Waals surface area contributed by atoms with Crippen LogP contribution in [0.1, 0.15) is 219 Å². The number of rotatable bonds is 54. The van der Waals surface area contributed by atoms with Gasteiger partial charge in [0, 0.05) is 6.42 Å². The fraction of sp³-hybridized carbons (Fsp3) is 0.645. The van der Waals surface area contributed by atoms with Crippen molar-refractivity contribution in [3.8, 4) is 0 Å². The predicted octanol–water partition coefficient (Wildman–Crippen LogP) is 14.2. The highest BCUT2D eigenvalue weighted by Crippen LogP contribution is 2.30. The zero-order valence-electron chi connectivity index (χ0n) is 55.3. The molecule has 2 saturated heterocycles. The molecular weight excluding hydrogens is 1130 g/mol. The van der Waals surface area contributed by atoms with Crippen molar-refractivity contribution in [1.29, 1.82) is 0 Å². The van der Waals surface area contributed by atoms with Gasteiger partial charge in [-0.1, -0.05) is 262 Å². The minimum atomic E-state index is -1.80. The van der Waals surface area contributed by atoms with Crippen LogP contribution in [0.25, 0.3) is 0 Å². The highest BCUT2D eigenvalue weighted by Gasteiger charge is 2.51. The Morgan fingerprint density at radius 1 is 0.411 bits per heavy atom. The van der Waals surface area contributed by atoms with E-state index in [9.17, 15) is 45.6 Å². The molecule has 0 bridgehead atoms. The molecule has 90 heavy (non-hydrogen) atoms. The van der Waals surface area contributed by atoms with Crippen molar-refractivity contribution in [2.45, 2.75) is 293 Å². The molecule has 12 atom stereocenters. The number of ether oxygens (including phenoxy) is 4. The van der Waals surface area contributed by atoms with Crippen LogP contribution < -0.4 is 5.32 Å². The first kappa shape index (κ1) is 81.7. The summed E-state index contributed by atoms with van der Waals surface area (Å²) in [6, 6.07) is -0.940. The van der Waals surface area contributed by atoms with E-state index < -0.39 is 86.8 Å². The average molecular weight is 1260 g/mol. The number of hydrogen-bond acceptors (Lipinski definition) is 13. The second-order valence-corrected chi connectivity index (χ2v) is 23.6. The molecule has 1 amide bonds. The van der Waals surface area contributed by atoms with E-state index in [1.54, 1.807) is 6.08 Å². The zero-order valence-corrected chi connectivity index (χ0v) is 55.3. The van der Waals surface area contributed by atoms with E-state index >= 15 is 0 Å². The molecule has 0 aliphatic carbocycles. The molecule has 0 spiro atoms. The third-order valence-electron chi connectivity index (χ3n) is 15.7. The van der Waals surface area contributed by atoms with Gasteiger partial charge >= 0.3 is 0 Å². The molecule has 2 fully saturated rings. The van der Waals surface area contributed by atoms with E-state index in [4.69, 9.17) is 18.9 Å². The molecule has 2 rings (SSSR count). The molecule has 2 heterocycles. The van der Waals surface area contributed by atoms with Gasteiger partial charge in [0.05, 0.1) is 32.0 Å². The molecule has 12 unspecified atom stereocenters. The minimum absolute atomic E-state index is 0.241. The summed E-state index contributed by atoms with van der Waals surface area (Å²) in [5.41, 5.74) is 0. The molecule has 9 N–H and O–H groups in total. The van der Waals surface area contributed by atoms with Crippen LogP contribution in [0.2, 0.25) is 0 Å². The number of aliphatic hydroxyl groups excluding tert-OH is 8. The first-order chi connectivity index (χ1) is 44.1. The standard InChI is InChI=1S/C76H123NO13/c1-3-5-7-9-11-13-15-17-19-20-21-22-23-24-25-26-27-28-29-30-31-32-33-34-35-36-37-38-39-40-41-42-43-44-46-48-50-52-54-56-58-60-68(81)77-64(65(80)59-57-55-53-51-49-47-45-18-16-14-12-10-8-6-4-2)63-87-75-73(86)71(84)74(67(62-79)89-75)90-76-72(85)70(83)69(82)66(61-78)88-76/h5,7,11,13,17,19,21-22,24-25,27-28,30-31,33-34,36-37,39-40,42-43,46,48,57,59,64-67,69-76,78-80,82-86H,3-4,6,8-10,12,14-16,18,20,23,26,29,32,35,38,41,44-45,47,49-56,58,60-63H2,1-2H3,(H,77,81)/b7-5-,13-11-,19-17-,22-21-,25-24-,28-27-,31-30-,34-33-,37-36-,40-39-,43-42-,48-46-,59-57+. The number of amides is 1. The van der Waals surface area contributed by atoms with Crippen molar-refractivity contribution in [2.75, 3.05) is 19.8 Å². The van der Waals surface area contributed by atoms with Crippen molar-refractivity contribution < 1.29 is 64.6 Å². The van der Waals surface area contributed by atoms with Crippen molar-refractivity contribution in [3.63, 3.8) is 0 Å². The first-order valence-electron chi connectivity index (χ1n) is 34.7. The third-order valence-corrected chi connectivity index (χ3v) is 15.7. The molecule has 0 radical (unpaired) electrons. The van der Waals surface area contributed by atoms with Crippen molar-refractivity contribution in [2.24, 2.45) is 0 Å². The molecule has 14 heteroatoms. The van der Waals surface area contributed by atoms with E-state index in [-0.39, 0.29) is 18.9 Å². The second-order valence-electron chi connectivity index (χ2n) is 23.6. The summed E-state index contributed by atoms with van der Waals surface area (Å²) in [4.78, 5) is 13.3. The quantitative estimate of drug-likeness (QED) is 0.0204. The van der Waals surface area contributed by atoms with Crippen LogP contribution in [0, 0.1) is 0 Å². The van der Waals surface area contributed by atoms with Gasteiger partial charge in [0.2, 0.25) is 5.91 Å². The lowest BCUT2D eigenvalue weighted by molar-refractivity contribution is -0.359. The fourth-order valence-electron chi connectivity index (χ4n) is 10.2. The summed E-state index contributed by atoms with van der Waals surface area (Å²) in [7, 11) is 0. The summed E-state index contributed by atoms with van der Waals surface area (Å²) in [5, 5.41) is 87.2. The maximum Gasteiger partial charge on any atom is 0.220 e. The number of aliphatic hydroxyl groups is 8. The van der Waals surface area contributed by atoms with Crippen LogP contribution in [0.4, 0.5) is 0 Å². The number of hydrogen-bond donors (Lipinski definition) is 9. The van der Waals surface area contributed by atoms with Crippen LogP contribution >= 0.6 is 0 Å². The van der Waals surface area contributed by atoms with Crippen LogP contribution in [0.3, 0.4) is 0 Å². The highest BCUT2D eigenvalue weighted by atomic mass is 16.7. The number of carbonyl (C=O) groups excluding carboxylic acids is 1. The second kappa shape index (κ2) is 58.4. The van der Waals surface area contributed by atoms with Crippen LogP contribution in [-0.2, 0) is 23.7 Å². The Balaban J connectivity index is 1.66. The maximum atomic E-state index is 13.3. The topological polar surface area (TPSA) is 228 Å². The fourth-order valence-corrected chi connectivity index (χ4v) is 10.2. The molecule has 510 valence electrons. The molecule has 0 aromatic heterocycles. The van der Waals surface area contributed by atoms with Gasteiger partial charge in [0.1, 0.15) is 48.8 Å². The van der Waals surface area contributed by atoms with Gasteiger partial charge in [-0.2, -0.15) is 0 Å². The lowest BCUT2D eigenvalue weighted by Gasteiger charge is -2.46. The summed E-state index contributed by atoms with van der Waals surface area (Å²) in [6.45, 7) is 2.65. The van der Waals surface area contributed by atoms with Crippen molar-refractivity contribution in [1.82, 2.24) is 5.32 Å². The average Bonchev–Trinajstić information content (AvgIpc) is 1.58. The maximum absolute atomic E-state index is 13.3. The summed E-state index contributed by atoms with van der Waals surface area (Å²) >= 11 is 0. The molecule has 2 aliphatic rings. The normalized spacial score (nSPS) is 23.9. The summed E-state index contributed by atoms with van der Waals surface area (Å²) in [6.07, 6.45) is 72.9. The Hall–Kier alpha value is -4.39. The smallest absolute Gasteiger partial charge is 0.220 e. The van der Waals surface area contributed by atoms with E-state index in [0.29, 0.717) is 6.42 Å². The molecule has 0 aromatic rings. The van der Waals surface area contributed by atoms with E-state index in [0.717, 1.165) is 128 Å². The molecule has 2 aliphatic heterocycles. The largest absolute Gasteiger partial charge is 0.394 e. The Kier molecular flexibility index (Phi) is 53.0. The van der Waals surface area contributed by atoms with Crippen LogP contribution in [0.5, 0.6) is 0 Å². The molecule has 14 nitrogen and oxygen atoms in total. The predicted molar refractivity (Wildman–Crippen MR) is 368 cm³/mol. The molecular formula is C76H123NO13. The number of allylic oxidation sites excluding steroid dienone is 25. The van der Waals surface area contributed by atoms with Gasteiger partial charge in [0.15, 0.2) is 12.6 Å². The van der Waals surface area contributed by atoms with Crippen LogP contribution in [0.15, 0.2) is 158 Å². The van der Waals surface area contributed by atoms with Crippen LogP contribution in [-0.4, -0.2) is 140 Å². The van der Waals surface area contributed by atoms with Gasteiger partial charge in [-0.25, -0.2) is 0 Å². The van der Waals surface area contributed by atoms with E-state index in [1.165, 1.54) is 64.2 Å². The third kappa shape index (κ3) is 42.0. The number of unbranched alkanes of at least 4 members (excludes halogenated alkanes) is 17. The van der Waals surface area contributed by atoms with E-state index in [2.05, 4.69) is 165 Å². The Bertz CT molecular complexity index is 2120.